The molecule has 1 aromatic rings. The van der Waals surface area contributed by atoms with Crippen LogP contribution < -0.4 is 5.32 Å². The van der Waals surface area contributed by atoms with Gasteiger partial charge >= 0.3 is 0 Å². The summed E-state index contributed by atoms with van der Waals surface area (Å²) in [6.45, 7) is 0.820. The lowest BCUT2D eigenvalue weighted by atomic mass is 9.48. The van der Waals surface area contributed by atoms with Gasteiger partial charge in [0.2, 0.25) is 0 Å². The van der Waals surface area contributed by atoms with Crippen molar-refractivity contribution >= 4 is 0 Å². The summed E-state index contributed by atoms with van der Waals surface area (Å²) in [5, 5.41) is 13.3. The van der Waals surface area contributed by atoms with E-state index in [4.69, 9.17) is 0 Å². The molecule has 0 spiro atoms. The third-order valence-corrected chi connectivity index (χ3v) is 6.18. The first-order valence-corrected chi connectivity index (χ1v) is 8.44. The van der Waals surface area contributed by atoms with Gasteiger partial charge in [0.05, 0.1) is 6.07 Å². The molecule has 1 N–H and O–H groups in total. The molecule has 0 aliphatic heterocycles. The molecule has 2 nitrogen and oxygen atoms in total. The van der Waals surface area contributed by atoms with Crippen LogP contribution in [-0.4, -0.2) is 6.04 Å². The van der Waals surface area contributed by atoms with Crippen LogP contribution in [0.3, 0.4) is 0 Å². The van der Waals surface area contributed by atoms with Crippen LogP contribution in [0, 0.1) is 34.5 Å². The first-order valence-electron chi connectivity index (χ1n) is 8.44. The summed E-state index contributed by atoms with van der Waals surface area (Å²) in [7, 11) is 0. The number of benzene rings is 1. The van der Waals surface area contributed by atoms with Gasteiger partial charge in [-0.3, -0.25) is 5.32 Å². The number of rotatable bonds is 4. The summed E-state index contributed by atoms with van der Waals surface area (Å²) in [4.78, 5) is 0. The van der Waals surface area contributed by atoms with E-state index in [1.807, 2.05) is 6.07 Å². The Kier molecular flexibility index (Phi) is 3.27. The zero-order valence-corrected chi connectivity index (χ0v) is 12.6. The molecule has 0 amide bonds. The van der Waals surface area contributed by atoms with Gasteiger partial charge < -0.3 is 0 Å². The van der Waals surface area contributed by atoms with Crippen LogP contribution in [0.1, 0.15) is 44.1 Å². The second kappa shape index (κ2) is 5.14. The summed E-state index contributed by atoms with van der Waals surface area (Å²) >= 11 is 0. The topological polar surface area (TPSA) is 35.8 Å². The van der Waals surface area contributed by atoms with E-state index < -0.39 is 0 Å². The lowest BCUT2D eigenvalue weighted by molar-refractivity contribution is -0.0639. The number of nitrogens with one attached hydrogen (secondary N) is 1. The third kappa shape index (κ3) is 2.38. The van der Waals surface area contributed by atoms with Crippen molar-refractivity contribution in [2.75, 3.05) is 0 Å². The molecule has 4 aliphatic carbocycles. The van der Waals surface area contributed by atoms with E-state index in [1.54, 1.807) is 0 Å². The summed E-state index contributed by atoms with van der Waals surface area (Å²) < 4.78 is 0. The van der Waals surface area contributed by atoms with Gasteiger partial charge in [0.1, 0.15) is 6.04 Å². The lowest BCUT2D eigenvalue weighted by Gasteiger charge is -2.58. The maximum absolute atomic E-state index is 9.75. The van der Waals surface area contributed by atoms with Gasteiger partial charge in [-0.1, -0.05) is 30.3 Å². The van der Waals surface area contributed by atoms with Gasteiger partial charge in [-0.2, -0.15) is 5.26 Å². The summed E-state index contributed by atoms with van der Waals surface area (Å²) in [5.41, 5.74) is 1.56. The molecule has 110 valence electrons. The van der Waals surface area contributed by atoms with Gasteiger partial charge in [0.25, 0.3) is 0 Å². The molecule has 4 fully saturated rings. The highest BCUT2D eigenvalue weighted by Gasteiger charge is 2.54. The van der Waals surface area contributed by atoms with Gasteiger partial charge in [-0.05, 0) is 67.3 Å². The van der Waals surface area contributed by atoms with E-state index in [2.05, 4.69) is 35.7 Å². The Labute approximate surface area is 127 Å². The van der Waals surface area contributed by atoms with Crippen LogP contribution in [0.15, 0.2) is 30.3 Å². The third-order valence-electron chi connectivity index (χ3n) is 6.18. The molecule has 1 atom stereocenters. The normalized spacial score (nSPS) is 38.1. The molecular formula is C19H24N2. The predicted octanol–water partition coefficient (Wildman–Crippen LogP) is 3.88. The van der Waals surface area contributed by atoms with Crippen LogP contribution >= 0.6 is 0 Å². The first kappa shape index (κ1) is 13.3. The molecule has 0 saturated heterocycles. The van der Waals surface area contributed by atoms with E-state index in [9.17, 15) is 5.26 Å². The monoisotopic (exact) mass is 280 g/mol. The molecular weight excluding hydrogens is 256 g/mol. The first-order chi connectivity index (χ1) is 10.3. The SMILES string of the molecule is N#CC(NCc1ccccc1)C12CC3CC(CC(C3)C1)C2. The van der Waals surface area contributed by atoms with Crippen LogP contribution in [0.25, 0.3) is 0 Å². The second-order valence-electron chi connectivity index (χ2n) is 7.71. The highest BCUT2D eigenvalue weighted by molar-refractivity contribution is 5.17. The molecule has 0 radical (unpaired) electrons. The van der Waals surface area contributed by atoms with Crippen LogP contribution in [-0.2, 0) is 6.54 Å². The van der Waals surface area contributed by atoms with E-state index in [1.165, 1.54) is 44.1 Å². The van der Waals surface area contributed by atoms with Crippen molar-refractivity contribution in [1.29, 1.82) is 5.26 Å². The van der Waals surface area contributed by atoms with E-state index in [-0.39, 0.29) is 11.5 Å². The van der Waals surface area contributed by atoms with E-state index >= 15 is 0 Å². The summed E-state index contributed by atoms with van der Waals surface area (Å²) in [5.74, 6) is 2.72. The van der Waals surface area contributed by atoms with Gasteiger partial charge in [0, 0.05) is 6.54 Å². The van der Waals surface area contributed by atoms with Crippen molar-refractivity contribution in [3.05, 3.63) is 35.9 Å². The predicted molar refractivity (Wildman–Crippen MR) is 83.3 cm³/mol. The molecule has 0 heterocycles. The average Bonchev–Trinajstić information content (AvgIpc) is 2.47. The zero-order chi connectivity index (χ0) is 14.3. The second-order valence-corrected chi connectivity index (χ2v) is 7.71. The standard InChI is InChI=1S/C19H24N2/c20-12-18(21-13-14-4-2-1-3-5-14)19-9-15-6-16(10-19)8-17(7-15)11-19/h1-5,15-18,21H,6-11,13H2. The number of nitriles is 1. The molecule has 0 aromatic heterocycles. The Bertz CT molecular complexity index is 507. The minimum absolute atomic E-state index is 0.0334. The maximum Gasteiger partial charge on any atom is 0.101 e. The number of hydrogen-bond acceptors (Lipinski definition) is 2. The van der Waals surface area contributed by atoms with Crippen molar-refractivity contribution in [1.82, 2.24) is 5.32 Å². The zero-order valence-electron chi connectivity index (χ0n) is 12.6. The average molecular weight is 280 g/mol. The van der Waals surface area contributed by atoms with Crippen molar-refractivity contribution in [2.45, 2.75) is 51.1 Å². The van der Waals surface area contributed by atoms with Crippen molar-refractivity contribution in [3.63, 3.8) is 0 Å². The fraction of sp³-hybridized carbons (Fsp3) is 0.632. The summed E-state index contributed by atoms with van der Waals surface area (Å²) in [6.07, 6.45) is 8.19. The highest BCUT2D eigenvalue weighted by Crippen LogP contribution is 2.61. The molecule has 21 heavy (non-hydrogen) atoms. The minimum Gasteiger partial charge on any atom is -0.297 e. The van der Waals surface area contributed by atoms with Gasteiger partial charge in [-0.25, -0.2) is 0 Å². The lowest BCUT2D eigenvalue weighted by Crippen LogP contribution is -2.55. The Balaban J connectivity index is 1.49. The van der Waals surface area contributed by atoms with Gasteiger partial charge in [0.15, 0.2) is 0 Å². The number of nitrogens with zero attached hydrogens (tertiary/aromatic N) is 1. The molecule has 4 saturated carbocycles. The Morgan fingerprint density at radius 3 is 2.14 bits per heavy atom. The Hall–Kier alpha value is -1.33. The highest BCUT2D eigenvalue weighted by atomic mass is 14.9. The molecule has 1 unspecified atom stereocenters. The minimum atomic E-state index is 0.0334. The molecule has 5 rings (SSSR count). The Morgan fingerprint density at radius 2 is 1.62 bits per heavy atom. The maximum atomic E-state index is 9.75. The number of hydrogen-bond donors (Lipinski definition) is 1. The molecule has 4 aliphatic rings. The van der Waals surface area contributed by atoms with Crippen molar-refractivity contribution in [3.8, 4) is 6.07 Å². The van der Waals surface area contributed by atoms with Crippen LogP contribution in [0.2, 0.25) is 0 Å². The fourth-order valence-corrected chi connectivity index (χ4v) is 5.75. The largest absolute Gasteiger partial charge is 0.297 e. The Morgan fingerprint density at radius 1 is 1.05 bits per heavy atom. The quantitative estimate of drug-likeness (QED) is 0.908. The fourth-order valence-electron chi connectivity index (χ4n) is 5.75. The van der Waals surface area contributed by atoms with Gasteiger partial charge in [-0.15, -0.1) is 0 Å². The summed E-state index contributed by atoms with van der Waals surface area (Å²) in [6, 6.07) is 13.1. The molecule has 1 aromatic carbocycles. The van der Waals surface area contributed by atoms with Crippen molar-refractivity contribution < 1.29 is 0 Å². The smallest absolute Gasteiger partial charge is 0.101 e. The van der Waals surface area contributed by atoms with Crippen LogP contribution in [0.4, 0.5) is 0 Å². The van der Waals surface area contributed by atoms with E-state index in [0.717, 1.165) is 24.3 Å². The molecule has 2 heteroatoms. The van der Waals surface area contributed by atoms with Crippen LogP contribution in [0.5, 0.6) is 0 Å². The van der Waals surface area contributed by atoms with Crippen molar-refractivity contribution in [2.24, 2.45) is 23.2 Å². The molecule has 4 bridgehead atoms. The van der Waals surface area contributed by atoms with E-state index in [0.29, 0.717) is 0 Å².